The lowest BCUT2D eigenvalue weighted by atomic mass is 10.3. The average Bonchev–Trinajstić information content (AvgIpc) is 3.11. The van der Waals surface area contributed by atoms with Crippen molar-refractivity contribution < 1.29 is 4.79 Å². The predicted octanol–water partition coefficient (Wildman–Crippen LogP) is 1.50. The third-order valence-corrected chi connectivity index (χ3v) is 4.54. The summed E-state index contributed by atoms with van der Waals surface area (Å²) in [5.74, 6) is 1.57. The normalized spacial score (nSPS) is 14.7. The van der Waals surface area contributed by atoms with E-state index in [1.807, 2.05) is 21.6 Å². The second-order valence-electron chi connectivity index (χ2n) is 6.12. The Balaban J connectivity index is 1.64. The highest BCUT2D eigenvalue weighted by molar-refractivity contribution is 5.73. The van der Waals surface area contributed by atoms with Gasteiger partial charge in [0.2, 0.25) is 5.91 Å². The predicted molar refractivity (Wildman–Crippen MR) is 98.6 cm³/mol. The van der Waals surface area contributed by atoms with E-state index in [0.717, 1.165) is 35.9 Å². The minimum Gasteiger partial charge on any atom is -0.353 e. The third kappa shape index (κ3) is 2.90. The first-order valence-corrected chi connectivity index (χ1v) is 8.45. The van der Waals surface area contributed by atoms with Crippen molar-refractivity contribution in [3.8, 4) is 11.5 Å². The standard InChI is InChI=1S/C18H19N7O/c1-3-14-12-25-15(10-21-17(25)11-20-14)18-19-5-4-16(22-18)24-8-6-23(7-9-24)13(2)26/h3-5,10-12H,1,6-9H2,2H3. The fourth-order valence-electron chi connectivity index (χ4n) is 3.07. The summed E-state index contributed by atoms with van der Waals surface area (Å²) in [6, 6.07) is 1.90. The molecule has 132 valence electrons. The Morgan fingerprint density at radius 1 is 1.15 bits per heavy atom. The number of hydrogen-bond donors (Lipinski definition) is 0. The molecule has 0 spiro atoms. The molecule has 26 heavy (non-hydrogen) atoms. The first-order valence-electron chi connectivity index (χ1n) is 8.45. The molecule has 1 saturated heterocycles. The van der Waals surface area contributed by atoms with E-state index in [0.29, 0.717) is 18.9 Å². The number of nitrogens with zero attached hydrogens (tertiary/aromatic N) is 7. The highest BCUT2D eigenvalue weighted by Gasteiger charge is 2.20. The van der Waals surface area contributed by atoms with Crippen LogP contribution in [0.1, 0.15) is 12.6 Å². The zero-order valence-electron chi connectivity index (χ0n) is 14.5. The first-order chi connectivity index (χ1) is 12.7. The summed E-state index contributed by atoms with van der Waals surface area (Å²) in [7, 11) is 0. The van der Waals surface area contributed by atoms with Gasteiger partial charge in [-0.25, -0.2) is 15.0 Å². The number of fused-ring (bicyclic) bond motifs is 1. The second kappa shape index (κ2) is 6.55. The van der Waals surface area contributed by atoms with Gasteiger partial charge in [0.05, 0.1) is 18.1 Å². The van der Waals surface area contributed by atoms with Gasteiger partial charge in [0, 0.05) is 45.5 Å². The van der Waals surface area contributed by atoms with Crippen molar-refractivity contribution in [2.45, 2.75) is 6.92 Å². The van der Waals surface area contributed by atoms with Crippen molar-refractivity contribution in [1.82, 2.24) is 29.2 Å². The summed E-state index contributed by atoms with van der Waals surface area (Å²) >= 11 is 0. The van der Waals surface area contributed by atoms with Crippen LogP contribution in [0.25, 0.3) is 23.2 Å². The molecule has 4 heterocycles. The van der Waals surface area contributed by atoms with Gasteiger partial charge in [-0.1, -0.05) is 6.58 Å². The van der Waals surface area contributed by atoms with Crippen molar-refractivity contribution in [1.29, 1.82) is 0 Å². The van der Waals surface area contributed by atoms with Gasteiger partial charge in [-0.15, -0.1) is 0 Å². The number of amides is 1. The lowest BCUT2D eigenvalue weighted by Crippen LogP contribution is -2.48. The van der Waals surface area contributed by atoms with Gasteiger partial charge in [-0.2, -0.15) is 0 Å². The minimum absolute atomic E-state index is 0.116. The van der Waals surface area contributed by atoms with Crippen LogP contribution >= 0.6 is 0 Å². The molecular weight excluding hydrogens is 330 g/mol. The Kier molecular flexibility index (Phi) is 4.08. The van der Waals surface area contributed by atoms with Crippen LogP contribution in [0.4, 0.5) is 5.82 Å². The van der Waals surface area contributed by atoms with Crippen molar-refractivity contribution in [3.05, 3.63) is 43.1 Å². The molecule has 1 fully saturated rings. The van der Waals surface area contributed by atoms with Crippen LogP contribution in [0.3, 0.4) is 0 Å². The van der Waals surface area contributed by atoms with Crippen molar-refractivity contribution in [3.63, 3.8) is 0 Å². The molecule has 8 heteroatoms. The van der Waals surface area contributed by atoms with Gasteiger partial charge in [0.25, 0.3) is 0 Å². The van der Waals surface area contributed by atoms with Gasteiger partial charge in [-0.05, 0) is 12.1 Å². The van der Waals surface area contributed by atoms with Gasteiger partial charge in [0.1, 0.15) is 11.5 Å². The SMILES string of the molecule is C=Cc1cn2c(-c3nccc(N4CCN(C(C)=O)CC4)n3)cnc2cn1. The molecule has 0 unspecified atom stereocenters. The van der Waals surface area contributed by atoms with Crippen LogP contribution in [0.5, 0.6) is 0 Å². The third-order valence-electron chi connectivity index (χ3n) is 4.54. The average molecular weight is 349 g/mol. The molecule has 0 atom stereocenters. The molecular formula is C18H19N7O. The highest BCUT2D eigenvalue weighted by atomic mass is 16.2. The summed E-state index contributed by atoms with van der Waals surface area (Å²) in [4.78, 5) is 33.3. The molecule has 1 aliphatic heterocycles. The Hall–Kier alpha value is -3.29. The minimum atomic E-state index is 0.116. The number of rotatable bonds is 3. The smallest absolute Gasteiger partial charge is 0.219 e. The zero-order valence-corrected chi connectivity index (χ0v) is 14.5. The van der Waals surface area contributed by atoms with Gasteiger partial charge in [0.15, 0.2) is 11.5 Å². The van der Waals surface area contributed by atoms with Crippen LogP contribution in [-0.4, -0.2) is 61.3 Å². The fraction of sp³-hybridized carbons (Fsp3) is 0.278. The van der Waals surface area contributed by atoms with Gasteiger partial charge < -0.3 is 9.80 Å². The van der Waals surface area contributed by atoms with Crippen LogP contribution in [0, 0.1) is 0 Å². The van der Waals surface area contributed by atoms with E-state index < -0.39 is 0 Å². The summed E-state index contributed by atoms with van der Waals surface area (Å²) < 4.78 is 1.91. The van der Waals surface area contributed by atoms with E-state index in [4.69, 9.17) is 4.98 Å². The number of anilines is 1. The number of hydrogen-bond acceptors (Lipinski definition) is 6. The molecule has 8 nitrogen and oxygen atoms in total. The molecule has 0 N–H and O–H groups in total. The van der Waals surface area contributed by atoms with Crippen LogP contribution < -0.4 is 4.90 Å². The Bertz CT molecular complexity index is 973. The molecule has 4 rings (SSSR count). The van der Waals surface area contributed by atoms with Crippen LogP contribution in [0.2, 0.25) is 0 Å². The van der Waals surface area contributed by atoms with E-state index in [-0.39, 0.29) is 5.91 Å². The summed E-state index contributed by atoms with van der Waals surface area (Å²) in [5, 5.41) is 0. The van der Waals surface area contributed by atoms with Crippen molar-refractivity contribution in [2.75, 3.05) is 31.1 Å². The molecule has 0 aromatic carbocycles. The quantitative estimate of drug-likeness (QED) is 0.713. The van der Waals surface area contributed by atoms with E-state index in [9.17, 15) is 4.79 Å². The molecule has 0 bridgehead atoms. The lowest BCUT2D eigenvalue weighted by molar-refractivity contribution is -0.129. The number of imidazole rings is 1. The molecule has 0 saturated carbocycles. The maximum atomic E-state index is 11.5. The van der Waals surface area contributed by atoms with Crippen LogP contribution in [0.15, 0.2) is 37.4 Å². The monoisotopic (exact) mass is 349 g/mol. The summed E-state index contributed by atoms with van der Waals surface area (Å²) in [5.41, 5.74) is 2.29. The molecule has 0 aliphatic carbocycles. The van der Waals surface area contributed by atoms with E-state index in [2.05, 4.69) is 26.4 Å². The number of carbonyl (C=O) groups is 1. The first kappa shape index (κ1) is 16.2. The maximum absolute atomic E-state index is 11.5. The molecule has 1 amide bonds. The molecule has 1 aliphatic rings. The summed E-state index contributed by atoms with van der Waals surface area (Å²) in [6.45, 7) is 8.29. The summed E-state index contributed by atoms with van der Waals surface area (Å²) in [6.07, 6.45) is 8.76. The number of piperazine rings is 1. The van der Waals surface area contributed by atoms with Crippen molar-refractivity contribution >= 4 is 23.4 Å². The highest BCUT2D eigenvalue weighted by Crippen LogP contribution is 2.21. The molecule has 0 radical (unpaired) electrons. The molecule has 3 aromatic rings. The van der Waals surface area contributed by atoms with Gasteiger partial charge in [-0.3, -0.25) is 14.2 Å². The maximum Gasteiger partial charge on any atom is 0.219 e. The zero-order chi connectivity index (χ0) is 18.1. The lowest BCUT2D eigenvalue weighted by Gasteiger charge is -2.34. The Labute approximate surface area is 150 Å². The second-order valence-corrected chi connectivity index (χ2v) is 6.12. The Morgan fingerprint density at radius 2 is 1.96 bits per heavy atom. The van der Waals surface area contributed by atoms with Crippen LogP contribution in [-0.2, 0) is 4.79 Å². The van der Waals surface area contributed by atoms with E-state index in [1.165, 1.54) is 0 Å². The largest absolute Gasteiger partial charge is 0.353 e. The van der Waals surface area contributed by atoms with E-state index >= 15 is 0 Å². The fourth-order valence-corrected chi connectivity index (χ4v) is 3.07. The Morgan fingerprint density at radius 3 is 2.69 bits per heavy atom. The topological polar surface area (TPSA) is 79.5 Å². The number of aromatic nitrogens is 5. The number of carbonyl (C=O) groups excluding carboxylic acids is 1. The van der Waals surface area contributed by atoms with Crippen molar-refractivity contribution in [2.24, 2.45) is 0 Å². The van der Waals surface area contributed by atoms with Gasteiger partial charge >= 0.3 is 0 Å². The van der Waals surface area contributed by atoms with E-state index in [1.54, 1.807) is 31.6 Å². The molecule has 3 aromatic heterocycles.